The number of hydrogen-bond donors (Lipinski definition) is 2. The quantitative estimate of drug-likeness (QED) is 0.849. The monoisotopic (exact) mass is 265 g/mol. The molecule has 1 aromatic heterocycles. The third kappa shape index (κ3) is 2.50. The Morgan fingerprint density at radius 3 is 2.72 bits per heavy atom. The van der Waals surface area contributed by atoms with Crippen molar-refractivity contribution in [2.45, 2.75) is 11.3 Å². The van der Waals surface area contributed by atoms with Crippen molar-refractivity contribution in [3.8, 4) is 0 Å². The van der Waals surface area contributed by atoms with Crippen LogP contribution < -0.4 is 10.5 Å². The van der Waals surface area contributed by atoms with Crippen LogP contribution in [0.2, 0.25) is 0 Å². The van der Waals surface area contributed by atoms with Crippen molar-refractivity contribution in [3.05, 3.63) is 36.2 Å². The van der Waals surface area contributed by atoms with Gasteiger partial charge in [-0.25, -0.2) is 13.6 Å². The number of aromatic nitrogens is 1. The Labute approximate surface area is 106 Å². The third-order valence-corrected chi connectivity index (χ3v) is 3.74. The normalized spacial score (nSPS) is 11.9. The molecule has 1 aromatic carbocycles. The topological polar surface area (TPSA) is 85.1 Å². The molecule has 6 heteroatoms. The molecule has 0 saturated carbocycles. The summed E-state index contributed by atoms with van der Waals surface area (Å²) in [6, 6.07) is 6.74. The zero-order chi connectivity index (χ0) is 13.2. The first-order valence-electron chi connectivity index (χ1n) is 5.58. The van der Waals surface area contributed by atoms with Crippen LogP contribution in [0.1, 0.15) is 5.69 Å². The minimum Gasteiger partial charge on any atom is -0.319 e. The molecule has 0 aliphatic carbocycles. The first kappa shape index (κ1) is 12.9. The van der Waals surface area contributed by atoms with Crippen LogP contribution in [0.3, 0.4) is 0 Å². The Kier molecular flexibility index (Phi) is 3.60. The number of primary sulfonamides is 1. The average Bonchev–Trinajstić information content (AvgIpc) is 2.34. The highest BCUT2D eigenvalue weighted by Gasteiger charge is 2.13. The second-order valence-electron chi connectivity index (χ2n) is 4.01. The van der Waals surface area contributed by atoms with Crippen LogP contribution in [0.15, 0.2) is 35.4 Å². The Balaban J connectivity index is 2.66. The molecule has 0 bridgehead atoms. The smallest absolute Gasteiger partial charge is 0.238 e. The van der Waals surface area contributed by atoms with Crippen molar-refractivity contribution in [1.82, 2.24) is 10.3 Å². The first-order chi connectivity index (χ1) is 8.54. The Morgan fingerprint density at radius 1 is 1.28 bits per heavy atom. The molecule has 0 fully saturated rings. The zero-order valence-electron chi connectivity index (χ0n) is 10.1. The van der Waals surface area contributed by atoms with Crippen molar-refractivity contribution in [1.29, 1.82) is 0 Å². The lowest BCUT2D eigenvalue weighted by atomic mass is 10.1. The predicted molar refractivity (Wildman–Crippen MR) is 70.7 cm³/mol. The second kappa shape index (κ2) is 5.01. The number of fused-ring (bicyclic) bond motifs is 1. The van der Waals surface area contributed by atoms with Gasteiger partial charge in [-0.05, 0) is 19.2 Å². The molecule has 0 spiro atoms. The van der Waals surface area contributed by atoms with Gasteiger partial charge in [-0.1, -0.05) is 12.1 Å². The number of nitrogens with zero attached hydrogens (tertiary/aromatic N) is 1. The van der Waals surface area contributed by atoms with E-state index in [1.54, 1.807) is 18.3 Å². The Morgan fingerprint density at radius 2 is 2.06 bits per heavy atom. The van der Waals surface area contributed by atoms with Crippen molar-refractivity contribution in [2.24, 2.45) is 5.14 Å². The van der Waals surface area contributed by atoms with Crippen LogP contribution in [0.25, 0.3) is 10.8 Å². The van der Waals surface area contributed by atoms with E-state index in [-0.39, 0.29) is 4.90 Å². The summed E-state index contributed by atoms with van der Waals surface area (Å²) in [6.07, 6.45) is 2.35. The van der Waals surface area contributed by atoms with Gasteiger partial charge < -0.3 is 5.32 Å². The van der Waals surface area contributed by atoms with Gasteiger partial charge in [0.2, 0.25) is 10.0 Å². The van der Waals surface area contributed by atoms with E-state index in [1.807, 2.05) is 13.1 Å². The highest BCUT2D eigenvalue weighted by atomic mass is 32.2. The summed E-state index contributed by atoms with van der Waals surface area (Å²) in [7, 11) is -1.85. The fourth-order valence-corrected chi connectivity index (χ4v) is 2.68. The Bertz CT molecular complexity index is 668. The number of sulfonamides is 1. The molecular formula is C12H15N3O2S. The number of nitrogens with one attached hydrogen (secondary N) is 1. The van der Waals surface area contributed by atoms with E-state index < -0.39 is 10.0 Å². The lowest BCUT2D eigenvalue weighted by Gasteiger charge is -2.08. The minimum atomic E-state index is -3.71. The molecule has 2 rings (SSSR count). The molecule has 18 heavy (non-hydrogen) atoms. The summed E-state index contributed by atoms with van der Waals surface area (Å²) < 4.78 is 23.0. The maximum atomic E-state index is 11.5. The van der Waals surface area contributed by atoms with Crippen LogP contribution >= 0.6 is 0 Å². The van der Waals surface area contributed by atoms with Gasteiger partial charge >= 0.3 is 0 Å². The molecule has 0 aliphatic rings. The summed E-state index contributed by atoms with van der Waals surface area (Å²) in [6.45, 7) is 0.783. The zero-order valence-corrected chi connectivity index (χ0v) is 10.9. The standard InChI is InChI=1S/C12H15N3O2S/c1-14-7-6-11-9-3-2-4-12(18(13,16)17)10(9)5-8-15-11/h2-5,8,14H,6-7H2,1H3,(H2,13,16,17). The van der Waals surface area contributed by atoms with Crippen molar-refractivity contribution in [2.75, 3.05) is 13.6 Å². The van der Waals surface area contributed by atoms with Crippen LogP contribution in [0, 0.1) is 0 Å². The summed E-state index contributed by atoms with van der Waals surface area (Å²) >= 11 is 0. The predicted octanol–water partition coefficient (Wildman–Crippen LogP) is 0.644. The fraction of sp³-hybridized carbons (Fsp3) is 0.250. The summed E-state index contributed by atoms with van der Waals surface area (Å²) in [5, 5.41) is 9.71. The molecule has 96 valence electrons. The number of likely N-dealkylation sites (N-methyl/N-ethyl adjacent to an activating group) is 1. The molecule has 0 aliphatic heterocycles. The maximum absolute atomic E-state index is 11.5. The van der Waals surface area contributed by atoms with E-state index in [0.29, 0.717) is 5.39 Å². The van der Waals surface area contributed by atoms with Gasteiger partial charge in [-0.15, -0.1) is 0 Å². The van der Waals surface area contributed by atoms with Gasteiger partial charge in [-0.2, -0.15) is 0 Å². The fourth-order valence-electron chi connectivity index (χ4n) is 1.93. The number of nitrogens with two attached hydrogens (primary N) is 1. The van der Waals surface area contributed by atoms with Gasteiger partial charge in [0.05, 0.1) is 4.90 Å². The van der Waals surface area contributed by atoms with Gasteiger partial charge in [0.1, 0.15) is 0 Å². The summed E-state index contributed by atoms with van der Waals surface area (Å²) in [4.78, 5) is 4.44. The van der Waals surface area contributed by atoms with Crippen LogP contribution in [0.4, 0.5) is 0 Å². The molecule has 0 atom stereocenters. The number of pyridine rings is 1. The molecule has 0 saturated heterocycles. The minimum absolute atomic E-state index is 0.146. The lowest BCUT2D eigenvalue weighted by molar-refractivity contribution is 0.598. The van der Waals surface area contributed by atoms with Crippen molar-refractivity contribution in [3.63, 3.8) is 0 Å². The SMILES string of the molecule is CNCCc1nccc2c(S(N)(=O)=O)cccc12. The molecule has 0 unspecified atom stereocenters. The van der Waals surface area contributed by atoms with Crippen molar-refractivity contribution >= 4 is 20.8 Å². The number of hydrogen-bond acceptors (Lipinski definition) is 4. The number of rotatable bonds is 4. The highest BCUT2D eigenvalue weighted by molar-refractivity contribution is 7.89. The van der Waals surface area contributed by atoms with Gasteiger partial charge in [0, 0.05) is 35.6 Å². The number of benzene rings is 1. The molecular weight excluding hydrogens is 250 g/mol. The van der Waals surface area contributed by atoms with Crippen LogP contribution in [-0.2, 0) is 16.4 Å². The third-order valence-electron chi connectivity index (χ3n) is 2.77. The Hall–Kier alpha value is -1.50. The molecule has 1 heterocycles. The largest absolute Gasteiger partial charge is 0.319 e. The molecule has 2 aromatic rings. The average molecular weight is 265 g/mol. The van der Waals surface area contributed by atoms with Crippen LogP contribution in [-0.4, -0.2) is 27.0 Å². The molecule has 5 nitrogen and oxygen atoms in total. The van der Waals surface area contributed by atoms with Gasteiger partial charge in [0.25, 0.3) is 0 Å². The van der Waals surface area contributed by atoms with Gasteiger partial charge in [-0.3, -0.25) is 4.98 Å². The van der Waals surface area contributed by atoms with E-state index >= 15 is 0 Å². The van der Waals surface area contributed by atoms with E-state index in [0.717, 1.165) is 24.0 Å². The second-order valence-corrected chi connectivity index (χ2v) is 5.54. The van der Waals surface area contributed by atoms with Gasteiger partial charge in [0.15, 0.2) is 0 Å². The van der Waals surface area contributed by atoms with E-state index in [9.17, 15) is 8.42 Å². The van der Waals surface area contributed by atoms with E-state index in [2.05, 4.69) is 10.3 Å². The van der Waals surface area contributed by atoms with Crippen molar-refractivity contribution < 1.29 is 8.42 Å². The molecule has 3 N–H and O–H groups in total. The van der Waals surface area contributed by atoms with E-state index in [4.69, 9.17) is 5.14 Å². The highest BCUT2D eigenvalue weighted by Crippen LogP contribution is 2.23. The summed E-state index contributed by atoms with van der Waals surface area (Å²) in [5.74, 6) is 0. The van der Waals surface area contributed by atoms with Crippen LogP contribution in [0.5, 0.6) is 0 Å². The van der Waals surface area contributed by atoms with E-state index in [1.165, 1.54) is 6.07 Å². The molecule has 0 amide bonds. The maximum Gasteiger partial charge on any atom is 0.238 e. The first-order valence-corrected chi connectivity index (χ1v) is 7.12. The molecule has 0 radical (unpaired) electrons. The summed E-state index contributed by atoms with van der Waals surface area (Å²) in [5.41, 5.74) is 0.868. The lowest BCUT2D eigenvalue weighted by Crippen LogP contribution is -2.14.